The average Bonchev–Trinajstić information content (AvgIpc) is 3.26. The molecule has 2 heterocycles. The molecule has 0 aliphatic rings. The molecule has 0 saturated carbocycles. The summed E-state index contributed by atoms with van der Waals surface area (Å²) in [4.78, 5) is 1.21. The van der Waals surface area contributed by atoms with Crippen molar-refractivity contribution in [1.82, 2.24) is 0 Å². The van der Waals surface area contributed by atoms with Crippen LogP contribution in [-0.2, 0) is 0 Å². The fourth-order valence-corrected chi connectivity index (χ4v) is 4.70. The van der Waals surface area contributed by atoms with Gasteiger partial charge in [0.1, 0.15) is 11.2 Å². The summed E-state index contributed by atoms with van der Waals surface area (Å²) in [6.07, 6.45) is 6.17. The molecule has 0 amide bonds. The maximum atomic E-state index is 5.93. The van der Waals surface area contributed by atoms with Crippen LogP contribution in [0.3, 0.4) is 0 Å². The third-order valence-electron chi connectivity index (χ3n) is 4.94. The van der Waals surface area contributed by atoms with Gasteiger partial charge in [-0.15, -0.1) is 11.3 Å². The van der Waals surface area contributed by atoms with Crippen molar-refractivity contribution in [3.63, 3.8) is 0 Å². The van der Waals surface area contributed by atoms with E-state index in [9.17, 15) is 0 Å². The SMILES string of the molecule is C=Cc1sc2ccc(Nc3ccc4oc5ccccc5c4c3)cc2c1/C=C\C. The predicted octanol–water partition coefficient (Wildman–Crippen LogP) is 8.22. The third-order valence-corrected chi connectivity index (χ3v) is 6.12. The molecule has 3 aromatic carbocycles. The summed E-state index contributed by atoms with van der Waals surface area (Å²) < 4.78 is 7.20. The van der Waals surface area contributed by atoms with Crippen LogP contribution < -0.4 is 5.32 Å². The zero-order valence-corrected chi connectivity index (χ0v) is 16.3. The van der Waals surface area contributed by atoms with Crippen molar-refractivity contribution < 1.29 is 4.42 Å². The van der Waals surface area contributed by atoms with Crippen molar-refractivity contribution >= 4 is 66.9 Å². The van der Waals surface area contributed by atoms with Gasteiger partial charge < -0.3 is 9.73 Å². The first-order valence-electron chi connectivity index (χ1n) is 9.27. The lowest BCUT2D eigenvalue weighted by Gasteiger charge is -2.07. The van der Waals surface area contributed by atoms with Crippen molar-refractivity contribution in [3.05, 3.63) is 83.8 Å². The number of furan rings is 1. The molecule has 2 nitrogen and oxygen atoms in total. The van der Waals surface area contributed by atoms with Gasteiger partial charge in [-0.3, -0.25) is 0 Å². The maximum Gasteiger partial charge on any atom is 0.135 e. The summed E-state index contributed by atoms with van der Waals surface area (Å²) in [7, 11) is 0. The van der Waals surface area contributed by atoms with Gasteiger partial charge in [-0.05, 0) is 49.4 Å². The van der Waals surface area contributed by atoms with E-state index in [0.29, 0.717) is 0 Å². The van der Waals surface area contributed by atoms with E-state index in [0.717, 1.165) is 33.3 Å². The van der Waals surface area contributed by atoms with Crippen molar-refractivity contribution in [3.8, 4) is 0 Å². The van der Waals surface area contributed by atoms with Gasteiger partial charge in [0.15, 0.2) is 0 Å². The Morgan fingerprint density at radius 2 is 1.64 bits per heavy atom. The van der Waals surface area contributed by atoms with E-state index in [2.05, 4.69) is 60.4 Å². The number of fused-ring (bicyclic) bond motifs is 4. The van der Waals surface area contributed by atoms with Crippen molar-refractivity contribution in [2.75, 3.05) is 5.32 Å². The van der Waals surface area contributed by atoms with Gasteiger partial charge in [0.25, 0.3) is 0 Å². The number of hydrogen-bond donors (Lipinski definition) is 1. The van der Waals surface area contributed by atoms with Crippen LogP contribution in [0.2, 0.25) is 0 Å². The van der Waals surface area contributed by atoms with Crippen LogP contribution in [0.1, 0.15) is 17.4 Å². The summed E-state index contributed by atoms with van der Waals surface area (Å²) in [5.74, 6) is 0. The molecule has 0 fully saturated rings. The molecule has 0 atom stereocenters. The monoisotopic (exact) mass is 381 g/mol. The number of rotatable bonds is 4. The molecule has 5 aromatic rings. The lowest BCUT2D eigenvalue weighted by Crippen LogP contribution is -1.89. The number of hydrogen-bond acceptors (Lipinski definition) is 3. The van der Waals surface area contributed by atoms with E-state index >= 15 is 0 Å². The van der Waals surface area contributed by atoms with Gasteiger partial charge in [0.05, 0.1) is 0 Å². The second-order valence-electron chi connectivity index (χ2n) is 6.73. The molecule has 0 saturated heterocycles. The highest BCUT2D eigenvalue weighted by Crippen LogP contribution is 2.36. The summed E-state index contributed by atoms with van der Waals surface area (Å²) in [6.45, 7) is 6.00. The van der Waals surface area contributed by atoms with E-state index in [1.54, 1.807) is 11.3 Å². The minimum atomic E-state index is 0.908. The van der Waals surface area contributed by atoms with Crippen LogP contribution in [0.25, 0.3) is 44.2 Å². The topological polar surface area (TPSA) is 25.2 Å². The fourth-order valence-electron chi connectivity index (χ4n) is 3.67. The lowest BCUT2D eigenvalue weighted by molar-refractivity contribution is 0.669. The maximum absolute atomic E-state index is 5.93. The Morgan fingerprint density at radius 3 is 2.46 bits per heavy atom. The van der Waals surface area contributed by atoms with Crippen LogP contribution in [0.15, 0.2) is 77.7 Å². The van der Waals surface area contributed by atoms with Crippen LogP contribution in [0.4, 0.5) is 11.4 Å². The largest absolute Gasteiger partial charge is 0.456 e. The first-order chi connectivity index (χ1) is 13.8. The van der Waals surface area contributed by atoms with Crippen molar-refractivity contribution in [2.24, 2.45) is 0 Å². The van der Waals surface area contributed by atoms with Gasteiger partial charge >= 0.3 is 0 Å². The van der Waals surface area contributed by atoms with E-state index < -0.39 is 0 Å². The summed E-state index contributed by atoms with van der Waals surface area (Å²) in [5, 5.41) is 7.07. The summed E-state index contributed by atoms with van der Waals surface area (Å²) in [6, 6.07) is 20.9. The third kappa shape index (κ3) is 2.72. The zero-order chi connectivity index (χ0) is 19.1. The van der Waals surface area contributed by atoms with Gasteiger partial charge in [-0.2, -0.15) is 0 Å². The first-order valence-corrected chi connectivity index (χ1v) is 10.1. The highest BCUT2D eigenvalue weighted by Gasteiger charge is 2.10. The molecule has 0 aliphatic heterocycles. The van der Waals surface area contributed by atoms with E-state index in [1.807, 2.05) is 37.3 Å². The van der Waals surface area contributed by atoms with Gasteiger partial charge in [-0.25, -0.2) is 0 Å². The molecule has 3 heteroatoms. The number of nitrogens with one attached hydrogen (secondary N) is 1. The van der Waals surface area contributed by atoms with Crippen LogP contribution in [0.5, 0.6) is 0 Å². The first kappa shape index (κ1) is 16.8. The zero-order valence-electron chi connectivity index (χ0n) is 15.5. The van der Waals surface area contributed by atoms with Crippen molar-refractivity contribution in [1.29, 1.82) is 0 Å². The molecule has 0 aliphatic carbocycles. The molecule has 28 heavy (non-hydrogen) atoms. The van der Waals surface area contributed by atoms with Gasteiger partial charge in [-0.1, -0.05) is 43.0 Å². The Hall–Kier alpha value is -3.30. The molecule has 2 aromatic heterocycles. The summed E-state index contributed by atoms with van der Waals surface area (Å²) in [5.41, 5.74) is 5.18. The quantitative estimate of drug-likeness (QED) is 0.339. The molecule has 1 N–H and O–H groups in total. The highest BCUT2D eigenvalue weighted by molar-refractivity contribution is 7.20. The molecule has 0 unspecified atom stereocenters. The molecular weight excluding hydrogens is 362 g/mol. The second kappa shape index (κ2) is 6.70. The number of anilines is 2. The molecule has 136 valence electrons. The highest BCUT2D eigenvalue weighted by atomic mass is 32.1. The van der Waals surface area contributed by atoms with Gasteiger partial charge in [0, 0.05) is 42.7 Å². The van der Waals surface area contributed by atoms with Crippen LogP contribution in [0, 0.1) is 0 Å². The van der Waals surface area contributed by atoms with Crippen molar-refractivity contribution in [2.45, 2.75) is 6.92 Å². The Balaban J connectivity index is 1.58. The smallest absolute Gasteiger partial charge is 0.135 e. The number of benzene rings is 3. The van der Waals surface area contributed by atoms with Gasteiger partial charge in [0.2, 0.25) is 0 Å². The fraction of sp³-hybridized carbons (Fsp3) is 0.0400. The Kier molecular flexibility index (Phi) is 4.03. The molecule has 0 radical (unpaired) electrons. The lowest BCUT2D eigenvalue weighted by atomic mass is 10.1. The average molecular weight is 382 g/mol. The molecule has 0 bridgehead atoms. The summed E-state index contributed by atoms with van der Waals surface area (Å²) >= 11 is 1.77. The van der Waals surface area contributed by atoms with Crippen LogP contribution >= 0.6 is 11.3 Å². The molecular formula is C25H19NOS. The Bertz CT molecular complexity index is 1370. The minimum absolute atomic E-state index is 0.908. The van der Waals surface area contributed by atoms with E-state index in [4.69, 9.17) is 4.42 Å². The number of para-hydroxylation sites is 1. The number of thiophene rings is 1. The minimum Gasteiger partial charge on any atom is -0.456 e. The predicted molar refractivity (Wildman–Crippen MR) is 124 cm³/mol. The normalized spacial score (nSPS) is 11.8. The Morgan fingerprint density at radius 1 is 0.893 bits per heavy atom. The van der Waals surface area contributed by atoms with Crippen LogP contribution in [-0.4, -0.2) is 0 Å². The van der Waals surface area contributed by atoms with E-state index in [1.165, 1.54) is 20.5 Å². The molecule has 0 spiro atoms. The Labute approximate surface area is 167 Å². The second-order valence-corrected chi connectivity index (χ2v) is 7.81. The molecule has 5 rings (SSSR count). The number of allylic oxidation sites excluding steroid dienone is 1. The van der Waals surface area contributed by atoms with E-state index in [-0.39, 0.29) is 0 Å². The standard InChI is InChI=1S/C25H19NOS/c1-3-7-19-21-15-17(11-13-25(21)28-24(19)4-2)26-16-10-12-23-20(14-16)18-8-5-6-9-22(18)27-23/h3-15,26H,2H2,1H3/b7-3-.